The van der Waals surface area contributed by atoms with Crippen LogP contribution in [0.25, 0.3) is 10.7 Å². The molecule has 2 heterocycles. The van der Waals surface area contributed by atoms with E-state index in [0.29, 0.717) is 0 Å². The van der Waals surface area contributed by atoms with Crippen LogP contribution in [0.1, 0.15) is 5.56 Å². The molecule has 1 N–H and O–H groups in total. The zero-order valence-electron chi connectivity index (χ0n) is 15.7. The van der Waals surface area contributed by atoms with Crippen LogP contribution in [0.4, 0.5) is 5.69 Å². The number of thiophene rings is 1. The van der Waals surface area contributed by atoms with Gasteiger partial charge in [-0.15, -0.1) is 21.5 Å². The lowest BCUT2D eigenvalue weighted by molar-refractivity contribution is -0.113. The predicted molar refractivity (Wildman–Crippen MR) is 119 cm³/mol. The van der Waals surface area contributed by atoms with Gasteiger partial charge in [-0.25, -0.2) is 0 Å². The molecular weight excluding hydrogens is 400 g/mol. The number of nitrogens with one attached hydrogen (secondary N) is 1. The summed E-state index contributed by atoms with van der Waals surface area (Å²) in [5, 5.41) is 14.5. The van der Waals surface area contributed by atoms with Crippen molar-refractivity contribution in [3.8, 4) is 10.7 Å². The fourth-order valence-electron chi connectivity index (χ4n) is 2.92. The number of amides is 1. The fourth-order valence-corrected chi connectivity index (χ4v) is 4.40. The number of benzene rings is 2. The molecule has 0 spiro atoms. The molecule has 146 valence electrons. The quantitative estimate of drug-likeness (QED) is 0.409. The number of nitrogens with zero attached hydrogens (tertiary/aromatic N) is 3. The number of anilines is 1. The van der Waals surface area contributed by atoms with Crippen molar-refractivity contribution in [3.63, 3.8) is 0 Å². The summed E-state index contributed by atoms with van der Waals surface area (Å²) in [6.07, 6.45) is 0.876. The van der Waals surface area contributed by atoms with E-state index in [2.05, 4.69) is 32.2 Å². The van der Waals surface area contributed by atoms with Crippen molar-refractivity contribution in [3.05, 3.63) is 83.7 Å². The van der Waals surface area contributed by atoms with Crippen molar-refractivity contribution in [2.45, 2.75) is 18.1 Å². The van der Waals surface area contributed by atoms with Crippen molar-refractivity contribution in [1.82, 2.24) is 14.8 Å². The third-order valence-electron chi connectivity index (χ3n) is 4.32. The number of rotatable bonds is 8. The minimum atomic E-state index is -0.0588. The van der Waals surface area contributed by atoms with Gasteiger partial charge >= 0.3 is 0 Å². The molecule has 0 radical (unpaired) electrons. The predicted octanol–water partition coefficient (Wildman–Crippen LogP) is 4.98. The maximum absolute atomic E-state index is 12.3. The first-order valence-electron chi connectivity index (χ1n) is 9.28. The van der Waals surface area contributed by atoms with Crippen molar-refractivity contribution in [2.75, 3.05) is 11.1 Å². The van der Waals surface area contributed by atoms with E-state index in [1.807, 2.05) is 66.0 Å². The summed E-state index contributed by atoms with van der Waals surface area (Å²) in [6.45, 7) is 0.757. The minimum Gasteiger partial charge on any atom is -0.325 e. The Morgan fingerprint density at radius 2 is 1.72 bits per heavy atom. The van der Waals surface area contributed by atoms with E-state index in [1.165, 1.54) is 17.3 Å². The van der Waals surface area contributed by atoms with Crippen LogP contribution >= 0.6 is 23.1 Å². The summed E-state index contributed by atoms with van der Waals surface area (Å²) >= 11 is 3.05. The molecule has 0 saturated carbocycles. The molecule has 0 atom stereocenters. The fraction of sp³-hybridized carbons (Fsp3) is 0.136. The average molecular weight is 421 g/mol. The lowest BCUT2D eigenvalue weighted by atomic mass is 10.1. The normalized spacial score (nSPS) is 10.8. The van der Waals surface area contributed by atoms with Crippen molar-refractivity contribution in [1.29, 1.82) is 0 Å². The second-order valence-corrected chi connectivity index (χ2v) is 8.26. The molecule has 29 heavy (non-hydrogen) atoms. The molecule has 2 aromatic heterocycles. The molecule has 0 unspecified atom stereocenters. The van der Waals surface area contributed by atoms with Gasteiger partial charge < -0.3 is 9.88 Å². The third kappa shape index (κ3) is 5.13. The van der Waals surface area contributed by atoms with E-state index < -0.39 is 0 Å². The number of para-hydroxylation sites is 1. The van der Waals surface area contributed by atoms with Gasteiger partial charge in [-0.3, -0.25) is 4.79 Å². The van der Waals surface area contributed by atoms with E-state index >= 15 is 0 Å². The zero-order valence-corrected chi connectivity index (χ0v) is 17.3. The second-order valence-electron chi connectivity index (χ2n) is 6.37. The Morgan fingerprint density at radius 3 is 2.45 bits per heavy atom. The topological polar surface area (TPSA) is 59.8 Å². The molecule has 4 rings (SSSR count). The van der Waals surface area contributed by atoms with Gasteiger partial charge in [-0.2, -0.15) is 0 Å². The van der Waals surface area contributed by atoms with Crippen molar-refractivity contribution < 1.29 is 4.79 Å². The van der Waals surface area contributed by atoms with Crippen molar-refractivity contribution >= 4 is 34.7 Å². The Bertz CT molecular complexity index is 1050. The Morgan fingerprint density at radius 1 is 0.966 bits per heavy atom. The van der Waals surface area contributed by atoms with Crippen molar-refractivity contribution in [2.24, 2.45) is 0 Å². The molecule has 0 saturated heterocycles. The van der Waals surface area contributed by atoms with Gasteiger partial charge in [0.25, 0.3) is 0 Å². The maximum atomic E-state index is 12.3. The highest BCUT2D eigenvalue weighted by atomic mass is 32.2. The van der Waals surface area contributed by atoms with Crippen LogP contribution in [-0.2, 0) is 17.8 Å². The Kier molecular flexibility index (Phi) is 6.38. The Hall–Kier alpha value is -2.90. The first-order valence-corrected chi connectivity index (χ1v) is 11.1. The molecule has 0 fully saturated rings. The molecule has 2 aromatic carbocycles. The SMILES string of the molecule is O=C(CSc1nnc(-c2cccs2)n1CCc1ccccc1)Nc1ccccc1. The van der Waals surface area contributed by atoms with Crippen LogP contribution in [0.5, 0.6) is 0 Å². The summed E-state index contributed by atoms with van der Waals surface area (Å²) in [4.78, 5) is 13.4. The number of hydrogen-bond acceptors (Lipinski definition) is 5. The van der Waals surface area contributed by atoms with E-state index in [9.17, 15) is 4.79 Å². The third-order valence-corrected chi connectivity index (χ3v) is 6.15. The minimum absolute atomic E-state index is 0.0588. The number of carbonyl (C=O) groups is 1. The number of thioether (sulfide) groups is 1. The standard InChI is InChI=1S/C22H20N4OS2/c27-20(23-18-10-5-2-6-11-18)16-29-22-25-24-21(19-12-7-15-28-19)26(22)14-13-17-8-3-1-4-9-17/h1-12,15H,13-14,16H2,(H,23,27). The summed E-state index contributed by atoms with van der Waals surface area (Å²) < 4.78 is 2.11. The van der Waals surface area contributed by atoms with Crippen LogP contribution in [0.15, 0.2) is 83.3 Å². The van der Waals surface area contributed by atoms with Crippen LogP contribution in [-0.4, -0.2) is 26.4 Å². The van der Waals surface area contributed by atoms with Gasteiger partial charge in [-0.1, -0.05) is 66.4 Å². The van der Waals surface area contributed by atoms with Crippen LogP contribution in [0.3, 0.4) is 0 Å². The van der Waals surface area contributed by atoms with Crippen LogP contribution in [0.2, 0.25) is 0 Å². The molecule has 0 aliphatic heterocycles. The van der Waals surface area contributed by atoms with Crippen LogP contribution < -0.4 is 5.32 Å². The Balaban J connectivity index is 1.47. The van der Waals surface area contributed by atoms with E-state index in [-0.39, 0.29) is 11.7 Å². The van der Waals surface area contributed by atoms with E-state index in [4.69, 9.17) is 0 Å². The second kappa shape index (κ2) is 9.54. The molecule has 1 amide bonds. The maximum Gasteiger partial charge on any atom is 0.234 e. The summed E-state index contributed by atoms with van der Waals surface area (Å²) in [7, 11) is 0. The Labute approximate surface area is 177 Å². The number of carbonyl (C=O) groups excluding carboxylic acids is 1. The molecule has 0 aliphatic carbocycles. The van der Waals surface area contributed by atoms with E-state index in [0.717, 1.165) is 34.5 Å². The molecule has 0 aliphatic rings. The summed E-state index contributed by atoms with van der Waals surface area (Å²) in [5.74, 6) is 1.07. The molecule has 0 bridgehead atoms. The lowest BCUT2D eigenvalue weighted by Crippen LogP contribution is -2.14. The van der Waals surface area contributed by atoms with E-state index in [1.54, 1.807) is 11.3 Å². The van der Waals surface area contributed by atoms with Gasteiger partial charge in [0.15, 0.2) is 11.0 Å². The number of aryl methyl sites for hydroxylation is 1. The lowest BCUT2D eigenvalue weighted by Gasteiger charge is -2.10. The van der Waals surface area contributed by atoms with Gasteiger partial charge in [0.2, 0.25) is 5.91 Å². The molecular formula is C22H20N4OS2. The van der Waals surface area contributed by atoms with Gasteiger partial charge in [0.05, 0.1) is 10.6 Å². The monoisotopic (exact) mass is 420 g/mol. The highest BCUT2D eigenvalue weighted by Crippen LogP contribution is 2.27. The van der Waals surface area contributed by atoms with Gasteiger partial charge in [-0.05, 0) is 35.6 Å². The van der Waals surface area contributed by atoms with Gasteiger partial charge in [0, 0.05) is 12.2 Å². The number of aromatic nitrogens is 3. The molecule has 4 aromatic rings. The molecule has 5 nitrogen and oxygen atoms in total. The summed E-state index contributed by atoms with van der Waals surface area (Å²) in [5.41, 5.74) is 2.05. The first kappa shape index (κ1) is 19.4. The molecule has 7 heteroatoms. The summed E-state index contributed by atoms with van der Waals surface area (Å²) in [6, 6.07) is 23.9. The first-order chi connectivity index (χ1) is 14.3. The highest BCUT2D eigenvalue weighted by Gasteiger charge is 2.16. The highest BCUT2D eigenvalue weighted by molar-refractivity contribution is 7.99. The average Bonchev–Trinajstić information content (AvgIpc) is 3.42. The zero-order chi connectivity index (χ0) is 19.9. The largest absolute Gasteiger partial charge is 0.325 e. The smallest absolute Gasteiger partial charge is 0.234 e. The number of hydrogen-bond donors (Lipinski definition) is 1. The van der Waals surface area contributed by atoms with Gasteiger partial charge in [0.1, 0.15) is 0 Å². The van der Waals surface area contributed by atoms with Crippen LogP contribution in [0, 0.1) is 0 Å².